The Balaban J connectivity index is 1.89. The zero-order valence-corrected chi connectivity index (χ0v) is 15.5. The number of para-hydroxylation sites is 2. The number of carbonyl (C=O) groups is 3. The average Bonchev–Trinajstić information content (AvgIpc) is 3.16. The van der Waals surface area contributed by atoms with Crippen molar-refractivity contribution in [3.8, 4) is 5.75 Å². The van der Waals surface area contributed by atoms with E-state index in [1.807, 2.05) is 0 Å². The molecule has 138 valence electrons. The Labute approximate surface area is 155 Å². The van der Waals surface area contributed by atoms with Crippen molar-refractivity contribution in [2.75, 3.05) is 12.4 Å². The summed E-state index contributed by atoms with van der Waals surface area (Å²) in [5, 5.41) is 6.95. The van der Waals surface area contributed by atoms with Crippen molar-refractivity contribution in [1.82, 2.24) is 5.32 Å². The molecule has 0 bridgehead atoms. The van der Waals surface area contributed by atoms with Gasteiger partial charge in [-0.25, -0.2) is 4.79 Å². The van der Waals surface area contributed by atoms with Crippen LogP contribution in [0.5, 0.6) is 5.75 Å². The topological polar surface area (TPSA) is 93.7 Å². The van der Waals surface area contributed by atoms with Gasteiger partial charge in [0, 0.05) is 0 Å². The Hall–Kier alpha value is -2.87. The average molecular weight is 376 g/mol. The number of carbonyl (C=O) groups excluding carboxylic acids is 3. The maximum atomic E-state index is 12.2. The molecule has 8 heteroatoms. The van der Waals surface area contributed by atoms with Crippen LogP contribution in [0.25, 0.3) is 0 Å². The van der Waals surface area contributed by atoms with Crippen molar-refractivity contribution in [3.05, 3.63) is 46.7 Å². The predicted molar refractivity (Wildman–Crippen MR) is 98.4 cm³/mol. The van der Waals surface area contributed by atoms with E-state index in [0.29, 0.717) is 16.3 Å². The van der Waals surface area contributed by atoms with E-state index in [0.717, 1.165) is 0 Å². The number of thiophene rings is 1. The normalized spacial score (nSPS) is 12.6. The second kappa shape index (κ2) is 9.00. The predicted octanol–water partition coefficient (Wildman–Crippen LogP) is 2.45. The minimum absolute atomic E-state index is 0.365. The molecule has 2 rings (SSSR count). The van der Waals surface area contributed by atoms with E-state index in [1.165, 1.54) is 32.3 Å². The van der Waals surface area contributed by atoms with E-state index in [1.54, 1.807) is 41.8 Å². The van der Waals surface area contributed by atoms with Gasteiger partial charge in [-0.15, -0.1) is 11.3 Å². The summed E-state index contributed by atoms with van der Waals surface area (Å²) in [6, 6.07) is 9.41. The van der Waals surface area contributed by atoms with Gasteiger partial charge in [0.1, 0.15) is 11.8 Å². The molecule has 26 heavy (non-hydrogen) atoms. The van der Waals surface area contributed by atoms with Crippen LogP contribution in [0.3, 0.4) is 0 Å². The van der Waals surface area contributed by atoms with Crippen molar-refractivity contribution in [1.29, 1.82) is 0 Å². The minimum Gasteiger partial charge on any atom is -0.495 e. The molecule has 0 radical (unpaired) electrons. The molecule has 0 fully saturated rings. The van der Waals surface area contributed by atoms with Crippen LogP contribution in [0.15, 0.2) is 41.8 Å². The summed E-state index contributed by atoms with van der Waals surface area (Å²) < 4.78 is 10.3. The molecule has 2 aromatic rings. The molecular formula is C18H20N2O5S. The smallest absolute Gasteiger partial charge is 0.329 e. The van der Waals surface area contributed by atoms with Crippen molar-refractivity contribution >= 4 is 34.8 Å². The van der Waals surface area contributed by atoms with Crippen LogP contribution in [-0.2, 0) is 14.3 Å². The Kier molecular flexibility index (Phi) is 6.74. The lowest BCUT2D eigenvalue weighted by Crippen LogP contribution is -2.42. The molecule has 1 aromatic carbocycles. The van der Waals surface area contributed by atoms with Crippen LogP contribution in [0.2, 0.25) is 0 Å². The lowest BCUT2D eigenvalue weighted by molar-refractivity contribution is -0.154. The molecule has 0 saturated carbocycles. The molecule has 1 aromatic heterocycles. The summed E-state index contributed by atoms with van der Waals surface area (Å²) in [6.45, 7) is 2.95. The van der Waals surface area contributed by atoms with Gasteiger partial charge in [-0.1, -0.05) is 18.2 Å². The summed E-state index contributed by atoms with van der Waals surface area (Å²) in [6.07, 6.45) is -1.03. The molecular weight excluding hydrogens is 356 g/mol. The SMILES string of the molecule is COc1ccccc1NC(=O)[C@H](C)OC(=O)[C@H](C)NC(=O)c1cccs1. The van der Waals surface area contributed by atoms with Gasteiger partial charge in [-0.05, 0) is 37.4 Å². The van der Waals surface area contributed by atoms with Crippen LogP contribution >= 0.6 is 11.3 Å². The third kappa shape index (κ3) is 5.06. The quantitative estimate of drug-likeness (QED) is 0.724. The molecule has 0 aliphatic heterocycles. The summed E-state index contributed by atoms with van der Waals surface area (Å²) in [5.74, 6) is -1.07. The monoisotopic (exact) mass is 376 g/mol. The molecule has 0 spiro atoms. The maximum absolute atomic E-state index is 12.2. The van der Waals surface area contributed by atoms with E-state index < -0.39 is 24.0 Å². The maximum Gasteiger partial charge on any atom is 0.329 e. The zero-order valence-electron chi connectivity index (χ0n) is 14.6. The highest BCUT2D eigenvalue weighted by Crippen LogP contribution is 2.23. The number of nitrogens with one attached hydrogen (secondary N) is 2. The van der Waals surface area contributed by atoms with E-state index >= 15 is 0 Å². The van der Waals surface area contributed by atoms with Crippen molar-refractivity contribution in [3.63, 3.8) is 0 Å². The highest BCUT2D eigenvalue weighted by Gasteiger charge is 2.24. The third-order valence-corrected chi connectivity index (χ3v) is 4.34. The fourth-order valence-electron chi connectivity index (χ4n) is 2.05. The summed E-state index contributed by atoms with van der Waals surface area (Å²) in [7, 11) is 1.49. The molecule has 0 unspecified atom stereocenters. The minimum atomic E-state index is -1.03. The first kappa shape index (κ1) is 19.5. The molecule has 1 heterocycles. The first-order valence-electron chi connectivity index (χ1n) is 7.91. The fourth-order valence-corrected chi connectivity index (χ4v) is 2.67. The first-order valence-corrected chi connectivity index (χ1v) is 8.79. The Morgan fingerprint density at radius 2 is 1.81 bits per heavy atom. The molecule has 7 nitrogen and oxygen atoms in total. The van der Waals surface area contributed by atoms with Crippen molar-refractivity contribution < 1.29 is 23.9 Å². The number of esters is 1. The highest BCUT2D eigenvalue weighted by molar-refractivity contribution is 7.12. The van der Waals surface area contributed by atoms with Crippen molar-refractivity contribution in [2.45, 2.75) is 26.0 Å². The second-order valence-corrected chi connectivity index (χ2v) is 6.39. The number of amides is 2. The van der Waals surface area contributed by atoms with Crippen molar-refractivity contribution in [2.24, 2.45) is 0 Å². The van der Waals surface area contributed by atoms with E-state index in [9.17, 15) is 14.4 Å². The Bertz CT molecular complexity index is 776. The lowest BCUT2D eigenvalue weighted by Gasteiger charge is -2.18. The number of methoxy groups -OCH3 is 1. The number of benzene rings is 1. The van der Waals surface area contributed by atoms with E-state index in [-0.39, 0.29) is 5.91 Å². The van der Waals surface area contributed by atoms with Gasteiger partial charge in [0.25, 0.3) is 11.8 Å². The lowest BCUT2D eigenvalue weighted by atomic mass is 10.2. The largest absolute Gasteiger partial charge is 0.495 e. The van der Waals surface area contributed by atoms with Gasteiger partial charge >= 0.3 is 5.97 Å². The van der Waals surface area contributed by atoms with Crippen LogP contribution in [0.1, 0.15) is 23.5 Å². The Morgan fingerprint density at radius 1 is 1.08 bits per heavy atom. The summed E-state index contributed by atoms with van der Waals surface area (Å²) >= 11 is 1.27. The number of rotatable bonds is 7. The molecule has 0 aliphatic rings. The van der Waals surface area contributed by atoms with Gasteiger partial charge in [0.05, 0.1) is 17.7 Å². The Morgan fingerprint density at radius 3 is 2.46 bits per heavy atom. The molecule has 0 saturated heterocycles. The standard InChI is InChI=1S/C18H20N2O5S/c1-11(19-17(22)15-9-6-10-26-15)18(23)25-12(2)16(21)20-13-7-4-5-8-14(13)24-3/h4-12H,1-3H3,(H,19,22)(H,20,21)/t11-,12-/m0/s1. The van der Waals surface area contributed by atoms with Gasteiger partial charge in [-0.2, -0.15) is 0 Å². The number of ether oxygens (including phenoxy) is 2. The van der Waals surface area contributed by atoms with Gasteiger partial charge in [0.2, 0.25) is 0 Å². The van der Waals surface area contributed by atoms with Crippen LogP contribution in [0.4, 0.5) is 5.69 Å². The van der Waals surface area contributed by atoms with Gasteiger partial charge < -0.3 is 20.1 Å². The second-order valence-electron chi connectivity index (χ2n) is 5.44. The molecule has 2 atom stereocenters. The van der Waals surface area contributed by atoms with E-state index in [4.69, 9.17) is 9.47 Å². The third-order valence-electron chi connectivity index (χ3n) is 3.47. The highest BCUT2D eigenvalue weighted by atomic mass is 32.1. The van der Waals surface area contributed by atoms with Gasteiger partial charge in [0.15, 0.2) is 6.10 Å². The summed E-state index contributed by atoms with van der Waals surface area (Å²) in [5.41, 5.74) is 0.474. The zero-order chi connectivity index (χ0) is 19.1. The fraction of sp³-hybridized carbons (Fsp3) is 0.278. The van der Waals surface area contributed by atoms with Crippen LogP contribution in [0, 0.1) is 0 Å². The number of hydrogen-bond acceptors (Lipinski definition) is 6. The first-order chi connectivity index (χ1) is 12.4. The summed E-state index contributed by atoms with van der Waals surface area (Å²) in [4.78, 5) is 36.8. The molecule has 2 N–H and O–H groups in total. The van der Waals surface area contributed by atoms with Gasteiger partial charge in [-0.3, -0.25) is 9.59 Å². The molecule has 2 amide bonds. The van der Waals surface area contributed by atoms with E-state index in [2.05, 4.69) is 10.6 Å². The molecule has 0 aliphatic carbocycles. The van der Waals surface area contributed by atoms with Crippen LogP contribution in [-0.4, -0.2) is 37.0 Å². The van der Waals surface area contributed by atoms with Crippen LogP contribution < -0.4 is 15.4 Å². The number of hydrogen-bond donors (Lipinski definition) is 2. The number of anilines is 1.